The maximum atomic E-state index is 11.4. The maximum absolute atomic E-state index is 11.4. The van der Waals surface area contributed by atoms with Crippen molar-refractivity contribution in [3.05, 3.63) is 30.3 Å². The Kier molecular flexibility index (Phi) is 2.54. The van der Waals surface area contributed by atoms with Crippen molar-refractivity contribution in [3.63, 3.8) is 0 Å². The molecule has 0 fully saturated rings. The molecule has 66 valence electrons. The summed E-state index contributed by atoms with van der Waals surface area (Å²) < 4.78 is 34.2. The fraction of sp³-hybridized carbons (Fsp3) is 0.143. The first-order valence-electron chi connectivity index (χ1n) is 3.05. The molecule has 0 radical (unpaired) electrons. The van der Waals surface area contributed by atoms with Gasteiger partial charge in [0.1, 0.15) is 0 Å². The second-order valence-corrected chi connectivity index (χ2v) is 1.93. The number of hydrogen-bond donors (Lipinski definition) is 0. The van der Waals surface area contributed by atoms with Gasteiger partial charge in [-0.25, -0.2) is 0 Å². The molecule has 0 amide bonds. The second-order valence-electron chi connectivity index (χ2n) is 1.93. The van der Waals surface area contributed by atoms with Crippen LogP contribution in [0.25, 0.3) is 0 Å². The summed E-state index contributed by atoms with van der Waals surface area (Å²) in [4.78, 5) is 7.06. The summed E-state index contributed by atoms with van der Waals surface area (Å²) in [6.45, 7) is 0. The van der Waals surface area contributed by atoms with Crippen LogP contribution in [0.1, 0.15) is 0 Å². The first-order valence-corrected chi connectivity index (χ1v) is 3.05. The van der Waals surface area contributed by atoms with Crippen molar-refractivity contribution in [2.45, 2.75) is 6.36 Å². The monoisotopic (exact) mass is 178 g/mol. The van der Waals surface area contributed by atoms with Crippen molar-refractivity contribution in [1.29, 1.82) is 0 Å². The quantitative estimate of drug-likeness (QED) is 0.511. The van der Waals surface area contributed by atoms with E-state index in [9.17, 15) is 13.2 Å². The fourth-order valence-electron chi connectivity index (χ4n) is 0.571. The van der Waals surface area contributed by atoms with E-state index in [-0.39, 0.29) is 5.75 Å². The summed E-state index contributed by atoms with van der Waals surface area (Å²) in [5.74, 6) is 0.00910. The SMILES string of the molecule is FC(F)(F)OOc1ccccc1. The predicted molar refractivity (Wildman–Crippen MR) is 34.2 cm³/mol. The molecule has 0 aliphatic rings. The molecule has 1 aromatic rings. The highest BCUT2D eigenvalue weighted by atomic mass is 19.4. The zero-order valence-electron chi connectivity index (χ0n) is 5.84. The van der Waals surface area contributed by atoms with Gasteiger partial charge in [0.2, 0.25) is 0 Å². The van der Waals surface area contributed by atoms with E-state index in [1.54, 1.807) is 6.07 Å². The Morgan fingerprint density at radius 3 is 2.08 bits per heavy atom. The third-order valence-corrected chi connectivity index (χ3v) is 0.976. The molecule has 0 bridgehead atoms. The van der Waals surface area contributed by atoms with Crippen molar-refractivity contribution in [2.75, 3.05) is 0 Å². The van der Waals surface area contributed by atoms with Crippen molar-refractivity contribution in [1.82, 2.24) is 0 Å². The molecular weight excluding hydrogens is 173 g/mol. The molecule has 0 saturated heterocycles. The van der Waals surface area contributed by atoms with E-state index in [1.165, 1.54) is 24.3 Å². The number of para-hydroxylation sites is 1. The minimum Gasteiger partial charge on any atom is -0.329 e. The largest absolute Gasteiger partial charge is 0.558 e. The number of benzene rings is 1. The molecule has 0 atom stereocenters. The van der Waals surface area contributed by atoms with E-state index in [2.05, 4.69) is 9.78 Å². The fourth-order valence-corrected chi connectivity index (χ4v) is 0.571. The predicted octanol–water partition coefficient (Wildman–Crippen LogP) is 2.52. The molecule has 0 aliphatic carbocycles. The third kappa shape index (κ3) is 3.25. The summed E-state index contributed by atoms with van der Waals surface area (Å²) in [5, 5.41) is 0. The molecule has 2 nitrogen and oxygen atoms in total. The summed E-state index contributed by atoms with van der Waals surface area (Å²) in [5.41, 5.74) is 0. The van der Waals surface area contributed by atoms with Gasteiger partial charge in [-0.2, -0.15) is 0 Å². The zero-order valence-corrected chi connectivity index (χ0v) is 5.84. The molecule has 0 saturated carbocycles. The van der Waals surface area contributed by atoms with E-state index in [0.717, 1.165) is 0 Å². The Morgan fingerprint density at radius 2 is 1.58 bits per heavy atom. The molecular formula is C7H5F3O2. The van der Waals surface area contributed by atoms with Gasteiger partial charge in [0, 0.05) is 0 Å². The van der Waals surface area contributed by atoms with E-state index < -0.39 is 6.36 Å². The van der Waals surface area contributed by atoms with Crippen LogP contribution in [0, 0.1) is 0 Å². The number of rotatable bonds is 2. The van der Waals surface area contributed by atoms with Crippen molar-refractivity contribution in [3.8, 4) is 5.75 Å². The lowest BCUT2D eigenvalue weighted by molar-refractivity contribution is -0.444. The minimum atomic E-state index is -4.77. The standard InChI is InChI=1S/C7H5F3O2/c8-7(9,10)12-11-6-4-2-1-3-5-6/h1-5H. The molecule has 12 heavy (non-hydrogen) atoms. The molecule has 1 rings (SSSR count). The van der Waals surface area contributed by atoms with Crippen LogP contribution in [-0.2, 0) is 4.89 Å². The molecule has 0 aromatic heterocycles. The van der Waals surface area contributed by atoms with Crippen molar-refractivity contribution in [2.24, 2.45) is 0 Å². The molecule has 0 N–H and O–H groups in total. The number of alkyl halides is 3. The highest BCUT2D eigenvalue weighted by Crippen LogP contribution is 2.19. The molecule has 0 spiro atoms. The van der Waals surface area contributed by atoms with Gasteiger partial charge in [0.05, 0.1) is 0 Å². The van der Waals surface area contributed by atoms with Crippen LogP contribution in [0.2, 0.25) is 0 Å². The summed E-state index contributed by atoms with van der Waals surface area (Å²) >= 11 is 0. The molecule has 0 heterocycles. The first kappa shape index (κ1) is 8.86. The molecule has 1 aromatic carbocycles. The van der Waals surface area contributed by atoms with Crippen molar-refractivity contribution >= 4 is 0 Å². The highest BCUT2D eigenvalue weighted by molar-refractivity contribution is 5.20. The lowest BCUT2D eigenvalue weighted by Gasteiger charge is -2.05. The Bertz CT molecular complexity index is 232. The van der Waals surface area contributed by atoms with E-state index in [0.29, 0.717) is 0 Å². The average molecular weight is 178 g/mol. The van der Waals surface area contributed by atoms with E-state index >= 15 is 0 Å². The van der Waals surface area contributed by atoms with Gasteiger partial charge in [0.15, 0.2) is 5.75 Å². The highest BCUT2D eigenvalue weighted by Gasteiger charge is 2.32. The number of halogens is 3. The minimum absolute atomic E-state index is 0.00910. The normalized spacial score (nSPS) is 11.2. The van der Waals surface area contributed by atoms with Gasteiger partial charge in [-0.05, 0) is 12.1 Å². The Balaban J connectivity index is 2.44. The maximum Gasteiger partial charge on any atom is 0.558 e. The van der Waals surface area contributed by atoms with E-state index in [4.69, 9.17) is 0 Å². The lowest BCUT2D eigenvalue weighted by atomic mass is 10.3. The van der Waals surface area contributed by atoms with Gasteiger partial charge in [-0.3, -0.25) is 0 Å². The van der Waals surface area contributed by atoms with Gasteiger partial charge >= 0.3 is 6.36 Å². The van der Waals surface area contributed by atoms with Crippen LogP contribution >= 0.6 is 0 Å². The topological polar surface area (TPSA) is 18.5 Å². The second kappa shape index (κ2) is 3.44. The van der Waals surface area contributed by atoms with Crippen LogP contribution in [-0.4, -0.2) is 6.36 Å². The van der Waals surface area contributed by atoms with Crippen LogP contribution in [0.4, 0.5) is 13.2 Å². The smallest absolute Gasteiger partial charge is 0.329 e. The van der Waals surface area contributed by atoms with Crippen LogP contribution in [0.5, 0.6) is 5.75 Å². The Labute approximate surface area is 66.4 Å². The van der Waals surface area contributed by atoms with Crippen LogP contribution in [0.3, 0.4) is 0 Å². The van der Waals surface area contributed by atoms with Gasteiger partial charge < -0.3 is 4.89 Å². The molecule has 0 aliphatic heterocycles. The van der Waals surface area contributed by atoms with Gasteiger partial charge in [0.25, 0.3) is 0 Å². The van der Waals surface area contributed by atoms with Crippen molar-refractivity contribution < 1.29 is 22.9 Å². The summed E-state index contributed by atoms with van der Waals surface area (Å²) in [6.07, 6.45) is -4.77. The first-order chi connectivity index (χ1) is 5.58. The molecule has 0 unspecified atom stereocenters. The lowest BCUT2D eigenvalue weighted by Crippen LogP contribution is -2.15. The Hall–Kier alpha value is -1.23. The Morgan fingerprint density at radius 1 is 1.00 bits per heavy atom. The van der Waals surface area contributed by atoms with Crippen LogP contribution in [0.15, 0.2) is 30.3 Å². The zero-order chi connectivity index (χ0) is 9.03. The van der Waals surface area contributed by atoms with E-state index in [1.807, 2.05) is 0 Å². The van der Waals surface area contributed by atoms with Gasteiger partial charge in [-0.15, -0.1) is 13.2 Å². The van der Waals surface area contributed by atoms with Gasteiger partial charge in [-0.1, -0.05) is 23.1 Å². The summed E-state index contributed by atoms with van der Waals surface area (Å²) in [6, 6.07) is 7.43. The number of hydrogen-bond acceptors (Lipinski definition) is 2. The summed E-state index contributed by atoms with van der Waals surface area (Å²) in [7, 11) is 0. The van der Waals surface area contributed by atoms with Crippen LogP contribution < -0.4 is 4.89 Å². The average Bonchev–Trinajstić information content (AvgIpc) is 2.02. The third-order valence-electron chi connectivity index (χ3n) is 0.976. The molecule has 5 heteroatoms.